The Morgan fingerprint density at radius 1 is 0.872 bits per heavy atom. The molecule has 1 amide bonds. The zero-order chi connectivity index (χ0) is 26.8. The van der Waals surface area contributed by atoms with Crippen molar-refractivity contribution >= 4 is 39.9 Å². The maximum atomic E-state index is 13.8. The van der Waals surface area contributed by atoms with Crippen LogP contribution in [0.25, 0.3) is 33.4 Å². The standard InChI is InChI=1S/C31H25ClFN5O/c32-26-18-24(11-12-27(26)33)35-30-25-17-22(10-13-28(25)36-29(37-30)23-5-4-14-34-19-23)20-6-8-21(9-7-20)31(39)38-15-2-1-3-16-38/h4-14,17-19H,1-3,15-16H2,(H,35,36,37). The summed E-state index contributed by atoms with van der Waals surface area (Å²) in [5.74, 6) is 0.663. The second-order valence-corrected chi connectivity index (χ2v) is 9.96. The van der Waals surface area contributed by atoms with Gasteiger partial charge in [-0.2, -0.15) is 0 Å². The third-order valence-electron chi connectivity index (χ3n) is 6.91. The SMILES string of the molecule is O=C(c1ccc(-c2ccc3nc(-c4cccnc4)nc(Nc4ccc(F)c(Cl)c4)c3c2)cc1)N1CCCCC1. The van der Waals surface area contributed by atoms with Crippen LogP contribution >= 0.6 is 11.6 Å². The molecule has 6 nitrogen and oxygen atoms in total. The van der Waals surface area contributed by atoms with Crippen molar-refractivity contribution in [2.24, 2.45) is 0 Å². The van der Waals surface area contributed by atoms with E-state index in [-0.39, 0.29) is 10.9 Å². The molecule has 1 saturated heterocycles. The number of pyridine rings is 1. The van der Waals surface area contributed by atoms with Crippen LogP contribution in [0, 0.1) is 5.82 Å². The van der Waals surface area contributed by atoms with Crippen molar-refractivity contribution < 1.29 is 9.18 Å². The molecule has 0 bridgehead atoms. The average Bonchev–Trinajstić information content (AvgIpc) is 2.99. The zero-order valence-corrected chi connectivity index (χ0v) is 21.8. The molecule has 0 spiro atoms. The fourth-order valence-electron chi connectivity index (χ4n) is 4.82. The molecule has 3 aromatic carbocycles. The minimum Gasteiger partial charge on any atom is -0.340 e. The minimum absolute atomic E-state index is 0.0192. The van der Waals surface area contributed by atoms with Crippen LogP contribution in [0.2, 0.25) is 5.02 Å². The molecule has 8 heteroatoms. The summed E-state index contributed by atoms with van der Waals surface area (Å²) in [5.41, 5.74) is 4.74. The van der Waals surface area contributed by atoms with Gasteiger partial charge < -0.3 is 10.2 Å². The predicted molar refractivity (Wildman–Crippen MR) is 153 cm³/mol. The number of fused-ring (bicyclic) bond motifs is 1. The van der Waals surface area contributed by atoms with E-state index in [4.69, 9.17) is 21.6 Å². The number of carbonyl (C=O) groups is 1. The molecule has 0 atom stereocenters. The number of aromatic nitrogens is 3. The maximum absolute atomic E-state index is 13.8. The van der Waals surface area contributed by atoms with E-state index in [0.29, 0.717) is 22.9 Å². The summed E-state index contributed by atoms with van der Waals surface area (Å²) >= 11 is 6.03. The molecule has 2 aromatic heterocycles. The first-order valence-corrected chi connectivity index (χ1v) is 13.3. The van der Waals surface area contributed by atoms with Crippen LogP contribution in [-0.4, -0.2) is 38.8 Å². The van der Waals surface area contributed by atoms with E-state index in [1.54, 1.807) is 18.5 Å². The van der Waals surface area contributed by atoms with E-state index in [1.165, 1.54) is 18.6 Å². The molecule has 6 rings (SSSR count). The molecule has 0 radical (unpaired) electrons. The second-order valence-electron chi connectivity index (χ2n) is 9.55. The highest BCUT2D eigenvalue weighted by Gasteiger charge is 2.18. The topological polar surface area (TPSA) is 71.0 Å². The van der Waals surface area contributed by atoms with E-state index in [0.717, 1.165) is 53.5 Å². The van der Waals surface area contributed by atoms with Crippen molar-refractivity contribution in [2.45, 2.75) is 19.3 Å². The van der Waals surface area contributed by atoms with Gasteiger partial charge in [0.2, 0.25) is 0 Å². The van der Waals surface area contributed by atoms with Gasteiger partial charge in [0.1, 0.15) is 11.6 Å². The molecule has 39 heavy (non-hydrogen) atoms. The number of halogens is 2. The molecule has 0 unspecified atom stereocenters. The number of hydrogen-bond acceptors (Lipinski definition) is 5. The van der Waals surface area contributed by atoms with Crippen molar-refractivity contribution in [3.05, 3.63) is 102 Å². The number of hydrogen-bond donors (Lipinski definition) is 1. The van der Waals surface area contributed by atoms with Crippen molar-refractivity contribution in [1.29, 1.82) is 0 Å². The number of carbonyl (C=O) groups excluding carboxylic acids is 1. The van der Waals surface area contributed by atoms with Crippen LogP contribution in [0.1, 0.15) is 29.6 Å². The Morgan fingerprint density at radius 2 is 1.67 bits per heavy atom. The first kappa shape index (κ1) is 24.9. The average molecular weight is 538 g/mol. The largest absolute Gasteiger partial charge is 0.340 e. The smallest absolute Gasteiger partial charge is 0.253 e. The molecule has 1 aliphatic heterocycles. The van der Waals surface area contributed by atoms with Crippen LogP contribution in [0.5, 0.6) is 0 Å². The molecule has 5 aromatic rings. The Kier molecular flexibility index (Phi) is 6.90. The van der Waals surface area contributed by atoms with Crippen LogP contribution in [0.15, 0.2) is 85.2 Å². The van der Waals surface area contributed by atoms with Crippen molar-refractivity contribution in [3.8, 4) is 22.5 Å². The summed E-state index contributed by atoms with van der Waals surface area (Å²) in [6.45, 7) is 1.64. The predicted octanol–water partition coefficient (Wildman–Crippen LogP) is 7.52. The lowest BCUT2D eigenvalue weighted by atomic mass is 10.0. The van der Waals surface area contributed by atoms with Gasteiger partial charge in [-0.1, -0.05) is 29.8 Å². The summed E-state index contributed by atoms with van der Waals surface area (Å²) in [4.78, 5) is 28.6. The van der Waals surface area contributed by atoms with E-state index in [9.17, 15) is 9.18 Å². The van der Waals surface area contributed by atoms with Gasteiger partial charge in [-0.15, -0.1) is 0 Å². The number of benzene rings is 3. The lowest BCUT2D eigenvalue weighted by molar-refractivity contribution is 0.0724. The first-order valence-electron chi connectivity index (χ1n) is 12.9. The van der Waals surface area contributed by atoms with Gasteiger partial charge in [-0.05, 0) is 85.0 Å². The van der Waals surface area contributed by atoms with Gasteiger partial charge in [0, 0.05) is 47.7 Å². The highest BCUT2D eigenvalue weighted by Crippen LogP contribution is 2.32. The number of amides is 1. The number of nitrogens with one attached hydrogen (secondary N) is 1. The molecular weight excluding hydrogens is 513 g/mol. The van der Waals surface area contributed by atoms with Crippen LogP contribution in [0.4, 0.5) is 15.9 Å². The Hall–Kier alpha value is -4.36. The third-order valence-corrected chi connectivity index (χ3v) is 7.20. The zero-order valence-electron chi connectivity index (χ0n) is 21.1. The Balaban J connectivity index is 1.38. The van der Waals surface area contributed by atoms with Crippen molar-refractivity contribution in [3.63, 3.8) is 0 Å². The number of rotatable bonds is 5. The van der Waals surface area contributed by atoms with Crippen molar-refractivity contribution in [1.82, 2.24) is 19.9 Å². The van der Waals surface area contributed by atoms with Gasteiger partial charge in [-0.25, -0.2) is 14.4 Å². The molecule has 1 fully saturated rings. The summed E-state index contributed by atoms with van der Waals surface area (Å²) in [5, 5.41) is 4.10. The summed E-state index contributed by atoms with van der Waals surface area (Å²) < 4.78 is 13.8. The fourth-order valence-corrected chi connectivity index (χ4v) is 5.00. The normalized spacial score (nSPS) is 13.4. The quantitative estimate of drug-likeness (QED) is 0.251. The van der Waals surface area contributed by atoms with Gasteiger partial charge in [0.25, 0.3) is 5.91 Å². The van der Waals surface area contributed by atoms with Crippen LogP contribution in [0.3, 0.4) is 0 Å². The van der Waals surface area contributed by atoms with E-state index >= 15 is 0 Å². The van der Waals surface area contributed by atoms with E-state index in [2.05, 4.69) is 10.3 Å². The molecule has 0 saturated carbocycles. The molecule has 194 valence electrons. The number of likely N-dealkylation sites (tertiary alicyclic amines) is 1. The Morgan fingerprint density at radius 3 is 2.41 bits per heavy atom. The number of nitrogens with zero attached hydrogens (tertiary/aromatic N) is 4. The van der Waals surface area contributed by atoms with Crippen LogP contribution in [-0.2, 0) is 0 Å². The molecule has 0 aliphatic carbocycles. The number of anilines is 2. The summed E-state index contributed by atoms with van der Waals surface area (Å²) in [6.07, 6.45) is 6.71. The lowest BCUT2D eigenvalue weighted by Crippen LogP contribution is -2.35. The van der Waals surface area contributed by atoms with Crippen molar-refractivity contribution in [2.75, 3.05) is 18.4 Å². The fraction of sp³-hybridized carbons (Fsp3) is 0.161. The second kappa shape index (κ2) is 10.8. The van der Waals surface area contributed by atoms with Gasteiger partial charge in [0.15, 0.2) is 5.82 Å². The first-order chi connectivity index (χ1) is 19.0. The maximum Gasteiger partial charge on any atom is 0.253 e. The lowest BCUT2D eigenvalue weighted by Gasteiger charge is -2.26. The molecule has 3 heterocycles. The highest BCUT2D eigenvalue weighted by atomic mass is 35.5. The minimum atomic E-state index is -0.490. The van der Waals surface area contributed by atoms with Crippen LogP contribution < -0.4 is 5.32 Å². The highest BCUT2D eigenvalue weighted by molar-refractivity contribution is 6.31. The Bertz CT molecular complexity index is 1650. The van der Waals surface area contributed by atoms with E-state index < -0.39 is 5.82 Å². The van der Waals surface area contributed by atoms with Gasteiger partial charge in [0.05, 0.1) is 10.5 Å². The molecular formula is C31H25ClFN5O. The molecule has 1 N–H and O–H groups in total. The van der Waals surface area contributed by atoms with E-state index in [1.807, 2.05) is 59.5 Å². The monoisotopic (exact) mass is 537 g/mol. The number of piperidine rings is 1. The summed E-state index contributed by atoms with van der Waals surface area (Å²) in [6, 6.07) is 21.8. The third kappa shape index (κ3) is 5.31. The summed E-state index contributed by atoms with van der Waals surface area (Å²) in [7, 11) is 0. The molecule has 1 aliphatic rings. The Labute approximate surface area is 230 Å². The van der Waals surface area contributed by atoms with Gasteiger partial charge >= 0.3 is 0 Å². The van der Waals surface area contributed by atoms with Gasteiger partial charge in [-0.3, -0.25) is 9.78 Å².